The minimum Gasteiger partial charge on any atom is -0.478 e. The van der Waals surface area contributed by atoms with Crippen LogP contribution < -0.4 is 4.90 Å². The predicted octanol–water partition coefficient (Wildman–Crippen LogP) is 2.06. The van der Waals surface area contributed by atoms with Crippen molar-refractivity contribution in [3.8, 4) is 0 Å². The molecule has 2 rings (SSSR count). The highest BCUT2D eigenvalue weighted by atomic mass is 16.4. The lowest BCUT2D eigenvalue weighted by Gasteiger charge is -2.19. The number of benzene rings is 1. The van der Waals surface area contributed by atoms with Gasteiger partial charge in [0.25, 0.3) is 0 Å². The summed E-state index contributed by atoms with van der Waals surface area (Å²) >= 11 is 0. The van der Waals surface area contributed by atoms with Crippen LogP contribution in [-0.4, -0.2) is 27.9 Å². The molecule has 1 heterocycles. The van der Waals surface area contributed by atoms with E-state index < -0.39 is 5.97 Å². The lowest BCUT2D eigenvalue weighted by molar-refractivity contribution is 0.0696. The zero-order chi connectivity index (χ0) is 14.0. The first-order chi connectivity index (χ1) is 8.97. The maximum Gasteiger partial charge on any atom is 0.335 e. The fourth-order valence-corrected chi connectivity index (χ4v) is 2.04. The van der Waals surface area contributed by atoms with Gasteiger partial charge in [-0.15, -0.1) is 0 Å². The average molecular weight is 259 g/mol. The first-order valence-corrected chi connectivity index (χ1v) is 6.00. The molecular formula is C14H17N3O2. The lowest BCUT2D eigenvalue weighted by Crippen LogP contribution is -2.16. The van der Waals surface area contributed by atoms with Crippen LogP contribution in [0, 0.1) is 6.92 Å². The van der Waals surface area contributed by atoms with Gasteiger partial charge >= 0.3 is 5.97 Å². The van der Waals surface area contributed by atoms with Gasteiger partial charge in [0.1, 0.15) is 0 Å². The van der Waals surface area contributed by atoms with Crippen molar-refractivity contribution in [2.45, 2.75) is 13.5 Å². The van der Waals surface area contributed by atoms with Gasteiger partial charge in [-0.05, 0) is 30.7 Å². The van der Waals surface area contributed by atoms with Crippen LogP contribution in [0.2, 0.25) is 0 Å². The summed E-state index contributed by atoms with van der Waals surface area (Å²) < 4.78 is 1.77. The molecule has 1 aromatic heterocycles. The van der Waals surface area contributed by atoms with E-state index in [0.29, 0.717) is 5.56 Å². The number of aromatic nitrogens is 2. The van der Waals surface area contributed by atoms with Crippen LogP contribution in [0.5, 0.6) is 0 Å². The van der Waals surface area contributed by atoms with Gasteiger partial charge in [-0.1, -0.05) is 0 Å². The van der Waals surface area contributed by atoms with Gasteiger partial charge < -0.3 is 10.0 Å². The van der Waals surface area contributed by atoms with Gasteiger partial charge in [-0.3, -0.25) is 4.68 Å². The number of anilines is 1. The molecule has 0 amide bonds. The van der Waals surface area contributed by atoms with E-state index in [2.05, 4.69) is 10.00 Å². The maximum absolute atomic E-state index is 11.0. The molecule has 1 aromatic carbocycles. The van der Waals surface area contributed by atoms with Crippen molar-refractivity contribution in [2.75, 3.05) is 11.9 Å². The number of carboxylic acid groups (broad SMARTS) is 1. The van der Waals surface area contributed by atoms with Crippen LogP contribution in [0.25, 0.3) is 0 Å². The predicted molar refractivity (Wildman–Crippen MR) is 73.5 cm³/mol. The Bertz CT molecular complexity index is 604. The number of nitrogens with zero attached hydrogens (tertiary/aromatic N) is 3. The van der Waals surface area contributed by atoms with Crippen LogP contribution in [0.4, 0.5) is 5.69 Å². The number of hydrogen-bond acceptors (Lipinski definition) is 3. The van der Waals surface area contributed by atoms with Crippen molar-refractivity contribution < 1.29 is 9.90 Å². The number of rotatable bonds is 4. The second-order valence-electron chi connectivity index (χ2n) is 4.68. The minimum absolute atomic E-state index is 0.346. The molecule has 5 heteroatoms. The topological polar surface area (TPSA) is 58.4 Å². The van der Waals surface area contributed by atoms with E-state index in [0.717, 1.165) is 23.4 Å². The van der Waals surface area contributed by atoms with Crippen LogP contribution in [0.15, 0.2) is 30.6 Å². The Morgan fingerprint density at radius 1 is 1.47 bits per heavy atom. The molecular weight excluding hydrogens is 242 g/mol. The summed E-state index contributed by atoms with van der Waals surface area (Å²) in [5.74, 6) is -0.890. The van der Waals surface area contributed by atoms with E-state index in [9.17, 15) is 4.79 Å². The molecule has 0 radical (unpaired) electrons. The molecule has 19 heavy (non-hydrogen) atoms. The third-order valence-corrected chi connectivity index (χ3v) is 3.06. The second kappa shape index (κ2) is 5.14. The Labute approximate surface area is 112 Å². The Morgan fingerprint density at radius 3 is 2.74 bits per heavy atom. The number of carbonyl (C=O) groups is 1. The van der Waals surface area contributed by atoms with Crippen molar-refractivity contribution >= 4 is 11.7 Å². The quantitative estimate of drug-likeness (QED) is 0.913. The van der Waals surface area contributed by atoms with E-state index in [1.165, 1.54) is 0 Å². The van der Waals surface area contributed by atoms with Gasteiger partial charge in [-0.25, -0.2) is 4.79 Å². The summed E-state index contributed by atoms with van der Waals surface area (Å²) in [6.45, 7) is 2.55. The van der Waals surface area contributed by atoms with Crippen LogP contribution >= 0.6 is 0 Å². The molecule has 0 atom stereocenters. The number of carboxylic acids is 1. The monoisotopic (exact) mass is 259 g/mol. The molecule has 1 N–H and O–H groups in total. The largest absolute Gasteiger partial charge is 0.478 e. The van der Waals surface area contributed by atoms with Crippen LogP contribution in [-0.2, 0) is 13.6 Å². The van der Waals surface area contributed by atoms with Gasteiger partial charge in [-0.2, -0.15) is 5.10 Å². The molecule has 0 aliphatic carbocycles. The molecule has 0 unspecified atom stereocenters. The highest BCUT2D eigenvalue weighted by Crippen LogP contribution is 2.19. The molecule has 0 aliphatic heterocycles. The fraction of sp³-hybridized carbons (Fsp3) is 0.286. The first-order valence-electron chi connectivity index (χ1n) is 6.00. The molecule has 0 bridgehead atoms. The molecule has 0 saturated carbocycles. The standard InChI is InChI=1S/C14H17N3O2/c1-10-6-12(4-5-13(10)14(18)19)16(2)8-11-7-15-17(3)9-11/h4-7,9H,8H2,1-3H3,(H,18,19). The Kier molecular flexibility index (Phi) is 3.55. The van der Waals surface area contributed by atoms with Crippen molar-refractivity contribution in [2.24, 2.45) is 7.05 Å². The zero-order valence-corrected chi connectivity index (χ0v) is 11.3. The summed E-state index contributed by atoms with van der Waals surface area (Å²) in [4.78, 5) is 13.0. The van der Waals surface area contributed by atoms with E-state index in [-0.39, 0.29) is 0 Å². The second-order valence-corrected chi connectivity index (χ2v) is 4.68. The smallest absolute Gasteiger partial charge is 0.335 e. The summed E-state index contributed by atoms with van der Waals surface area (Å²) in [5.41, 5.74) is 3.22. The van der Waals surface area contributed by atoms with Gasteiger partial charge in [0.15, 0.2) is 0 Å². The maximum atomic E-state index is 11.0. The van der Waals surface area contributed by atoms with E-state index in [1.54, 1.807) is 10.7 Å². The highest BCUT2D eigenvalue weighted by Gasteiger charge is 2.09. The third kappa shape index (κ3) is 2.93. The number of hydrogen-bond donors (Lipinski definition) is 1. The third-order valence-electron chi connectivity index (χ3n) is 3.06. The summed E-state index contributed by atoms with van der Waals surface area (Å²) in [6, 6.07) is 5.36. The van der Waals surface area contributed by atoms with Crippen LogP contribution in [0.3, 0.4) is 0 Å². The van der Waals surface area contributed by atoms with E-state index >= 15 is 0 Å². The van der Waals surface area contributed by atoms with Crippen molar-refractivity contribution in [3.05, 3.63) is 47.3 Å². The molecule has 2 aromatic rings. The molecule has 0 aliphatic rings. The number of aromatic carboxylic acids is 1. The van der Waals surface area contributed by atoms with Gasteiger partial charge in [0.05, 0.1) is 11.8 Å². The van der Waals surface area contributed by atoms with Gasteiger partial charge in [0, 0.05) is 38.1 Å². The fourth-order valence-electron chi connectivity index (χ4n) is 2.04. The lowest BCUT2D eigenvalue weighted by atomic mass is 10.1. The summed E-state index contributed by atoms with van der Waals surface area (Å²) in [6.07, 6.45) is 3.80. The van der Waals surface area contributed by atoms with Gasteiger partial charge in [0.2, 0.25) is 0 Å². The summed E-state index contributed by atoms with van der Waals surface area (Å²) in [7, 11) is 3.86. The molecule has 0 saturated heterocycles. The highest BCUT2D eigenvalue weighted by molar-refractivity contribution is 5.89. The molecule has 100 valence electrons. The SMILES string of the molecule is Cc1cc(N(C)Cc2cnn(C)c2)ccc1C(=O)O. The van der Waals surface area contributed by atoms with E-state index in [4.69, 9.17) is 5.11 Å². The van der Waals surface area contributed by atoms with Crippen molar-refractivity contribution in [1.82, 2.24) is 9.78 Å². The number of aryl methyl sites for hydroxylation is 2. The van der Waals surface area contributed by atoms with E-state index in [1.807, 2.05) is 45.5 Å². The average Bonchev–Trinajstić information content (AvgIpc) is 2.74. The zero-order valence-electron chi connectivity index (χ0n) is 11.3. The Morgan fingerprint density at radius 2 is 2.21 bits per heavy atom. The molecule has 5 nitrogen and oxygen atoms in total. The summed E-state index contributed by atoms with van der Waals surface area (Å²) in [5, 5.41) is 13.1. The van der Waals surface area contributed by atoms with Crippen molar-refractivity contribution in [3.63, 3.8) is 0 Å². The normalized spacial score (nSPS) is 10.5. The molecule has 0 fully saturated rings. The Balaban J connectivity index is 2.17. The Hall–Kier alpha value is -2.30. The first kappa shape index (κ1) is 13.1. The van der Waals surface area contributed by atoms with Crippen molar-refractivity contribution in [1.29, 1.82) is 0 Å². The minimum atomic E-state index is -0.890. The molecule has 0 spiro atoms. The van der Waals surface area contributed by atoms with Crippen LogP contribution in [0.1, 0.15) is 21.5 Å².